The summed E-state index contributed by atoms with van der Waals surface area (Å²) in [5.74, 6) is -0.482. The summed E-state index contributed by atoms with van der Waals surface area (Å²) in [7, 11) is 1.38. The van der Waals surface area contributed by atoms with Crippen molar-refractivity contribution in [3.63, 3.8) is 0 Å². The first-order chi connectivity index (χ1) is 9.65. The smallest absolute Gasteiger partial charge is 0.310 e. The third-order valence-electron chi connectivity index (χ3n) is 3.68. The fourth-order valence-corrected chi connectivity index (χ4v) is 2.49. The topological polar surface area (TPSA) is 72.6 Å². The maximum Gasteiger partial charge on any atom is 0.310 e. The van der Waals surface area contributed by atoms with E-state index in [1.165, 1.54) is 7.11 Å². The Kier molecular flexibility index (Phi) is 4.74. The van der Waals surface area contributed by atoms with Crippen LogP contribution in [0.2, 0.25) is 0 Å². The van der Waals surface area contributed by atoms with Crippen LogP contribution in [-0.2, 0) is 16.1 Å². The van der Waals surface area contributed by atoms with E-state index in [1.807, 2.05) is 12.1 Å². The Bertz CT molecular complexity index is 484. The fourth-order valence-electron chi connectivity index (χ4n) is 2.49. The molecule has 1 fully saturated rings. The second-order valence-electron chi connectivity index (χ2n) is 5.01. The molecule has 0 radical (unpaired) electrons. The van der Waals surface area contributed by atoms with Crippen molar-refractivity contribution in [3.8, 4) is 0 Å². The lowest BCUT2D eigenvalue weighted by Gasteiger charge is -2.31. The molecule has 1 aromatic carbocycles. The van der Waals surface area contributed by atoms with Crippen molar-refractivity contribution in [2.75, 3.05) is 20.2 Å². The molecule has 0 saturated carbocycles. The van der Waals surface area contributed by atoms with E-state index < -0.39 is 0 Å². The van der Waals surface area contributed by atoms with Crippen molar-refractivity contribution < 1.29 is 14.3 Å². The van der Waals surface area contributed by atoms with Gasteiger partial charge in [0.2, 0.25) is 0 Å². The van der Waals surface area contributed by atoms with Gasteiger partial charge in [-0.1, -0.05) is 12.1 Å². The summed E-state index contributed by atoms with van der Waals surface area (Å²) < 4.78 is 4.76. The van der Waals surface area contributed by atoms with Crippen LogP contribution in [0.1, 0.15) is 28.8 Å². The molecular formula is C15H20N2O3. The average molecular weight is 276 g/mol. The van der Waals surface area contributed by atoms with E-state index in [9.17, 15) is 9.59 Å². The Balaban J connectivity index is 2.05. The third kappa shape index (κ3) is 3.17. The van der Waals surface area contributed by atoms with Crippen LogP contribution in [-0.4, -0.2) is 37.0 Å². The van der Waals surface area contributed by atoms with Gasteiger partial charge >= 0.3 is 5.97 Å². The lowest BCUT2D eigenvalue weighted by molar-refractivity contribution is -0.146. The zero-order valence-corrected chi connectivity index (χ0v) is 11.7. The molecule has 1 amide bonds. The molecule has 0 bridgehead atoms. The highest BCUT2D eigenvalue weighted by Crippen LogP contribution is 2.19. The Morgan fingerprint density at radius 3 is 2.65 bits per heavy atom. The van der Waals surface area contributed by atoms with Gasteiger partial charge < -0.3 is 15.4 Å². The van der Waals surface area contributed by atoms with E-state index >= 15 is 0 Å². The first-order valence-corrected chi connectivity index (χ1v) is 6.82. The standard InChI is InChI=1S/C15H20N2O3/c1-20-15(19)13-3-2-8-17(10-13)14(18)12-6-4-11(9-16)5-7-12/h4-7,13H,2-3,8-10,16H2,1H3. The van der Waals surface area contributed by atoms with Crippen molar-refractivity contribution in [2.24, 2.45) is 11.7 Å². The van der Waals surface area contributed by atoms with Gasteiger partial charge in [-0.3, -0.25) is 9.59 Å². The second-order valence-corrected chi connectivity index (χ2v) is 5.01. The van der Waals surface area contributed by atoms with Gasteiger partial charge in [-0.05, 0) is 30.5 Å². The van der Waals surface area contributed by atoms with Crippen LogP contribution in [0.5, 0.6) is 0 Å². The SMILES string of the molecule is COC(=O)C1CCCN(C(=O)c2ccc(CN)cc2)C1. The Morgan fingerprint density at radius 2 is 2.05 bits per heavy atom. The summed E-state index contributed by atoms with van der Waals surface area (Å²) in [6.07, 6.45) is 1.61. The van der Waals surface area contributed by atoms with Gasteiger partial charge in [0.05, 0.1) is 13.0 Å². The second kappa shape index (κ2) is 6.52. The van der Waals surface area contributed by atoms with Crippen molar-refractivity contribution in [2.45, 2.75) is 19.4 Å². The lowest BCUT2D eigenvalue weighted by atomic mass is 9.97. The predicted molar refractivity (Wildman–Crippen MR) is 75.0 cm³/mol. The molecule has 1 aliphatic heterocycles. The fraction of sp³-hybridized carbons (Fsp3) is 0.467. The van der Waals surface area contributed by atoms with E-state index in [2.05, 4.69) is 0 Å². The number of piperidine rings is 1. The minimum Gasteiger partial charge on any atom is -0.469 e. The van der Waals surface area contributed by atoms with Crippen LogP contribution in [0.3, 0.4) is 0 Å². The van der Waals surface area contributed by atoms with Crippen molar-refractivity contribution in [3.05, 3.63) is 35.4 Å². The largest absolute Gasteiger partial charge is 0.469 e. The van der Waals surface area contributed by atoms with Gasteiger partial charge in [-0.15, -0.1) is 0 Å². The van der Waals surface area contributed by atoms with Crippen LogP contribution in [0, 0.1) is 5.92 Å². The number of rotatable bonds is 3. The molecule has 1 aromatic rings. The number of benzene rings is 1. The normalized spacial score (nSPS) is 18.7. The number of hydrogen-bond acceptors (Lipinski definition) is 4. The number of amides is 1. The maximum atomic E-state index is 12.4. The number of carbonyl (C=O) groups excluding carboxylic acids is 2. The minimum absolute atomic E-state index is 0.0397. The molecule has 0 spiro atoms. The summed E-state index contributed by atoms with van der Waals surface area (Å²) in [5, 5.41) is 0. The predicted octanol–water partition coefficient (Wildman–Crippen LogP) is 1.17. The van der Waals surface area contributed by atoms with Crippen LogP contribution in [0.25, 0.3) is 0 Å². The van der Waals surface area contributed by atoms with E-state index in [0.717, 1.165) is 18.4 Å². The summed E-state index contributed by atoms with van der Waals surface area (Å²) >= 11 is 0. The average Bonchev–Trinajstić information content (AvgIpc) is 2.53. The molecule has 0 aliphatic carbocycles. The van der Waals surface area contributed by atoms with Gasteiger partial charge in [-0.2, -0.15) is 0 Å². The third-order valence-corrected chi connectivity index (χ3v) is 3.68. The first-order valence-electron chi connectivity index (χ1n) is 6.82. The summed E-state index contributed by atoms with van der Waals surface area (Å²) in [4.78, 5) is 25.7. The highest BCUT2D eigenvalue weighted by molar-refractivity contribution is 5.94. The number of hydrogen-bond donors (Lipinski definition) is 1. The molecule has 20 heavy (non-hydrogen) atoms. The van der Waals surface area contributed by atoms with Gasteiger partial charge in [0, 0.05) is 25.2 Å². The molecule has 108 valence electrons. The molecule has 1 unspecified atom stereocenters. The van der Waals surface area contributed by atoms with Crippen LogP contribution in [0.15, 0.2) is 24.3 Å². The Morgan fingerprint density at radius 1 is 1.35 bits per heavy atom. The Hall–Kier alpha value is -1.88. The lowest BCUT2D eigenvalue weighted by Crippen LogP contribution is -2.42. The molecule has 2 N–H and O–H groups in total. The summed E-state index contributed by atoms with van der Waals surface area (Å²) in [6.45, 7) is 1.58. The van der Waals surface area contributed by atoms with Gasteiger partial charge in [-0.25, -0.2) is 0 Å². The molecule has 1 aliphatic rings. The van der Waals surface area contributed by atoms with Crippen molar-refractivity contribution >= 4 is 11.9 Å². The van der Waals surface area contributed by atoms with E-state index in [-0.39, 0.29) is 17.8 Å². The zero-order valence-electron chi connectivity index (χ0n) is 11.7. The van der Waals surface area contributed by atoms with Gasteiger partial charge in [0.15, 0.2) is 0 Å². The monoisotopic (exact) mass is 276 g/mol. The number of ether oxygens (including phenoxy) is 1. The van der Waals surface area contributed by atoms with E-state index in [4.69, 9.17) is 10.5 Å². The van der Waals surface area contributed by atoms with Crippen LogP contribution < -0.4 is 5.73 Å². The van der Waals surface area contributed by atoms with Crippen LogP contribution in [0.4, 0.5) is 0 Å². The van der Waals surface area contributed by atoms with Crippen LogP contribution >= 0.6 is 0 Å². The highest BCUT2D eigenvalue weighted by Gasteiger charge is 2.29. The molecule has 1 saturated heterocycles. The minimum atomic E-state index is -0.235. The van der Waals surface area contributed by atoms with Gasteiger partial charge in [0.25, 0.3) is 5.91 Å². The molecular weight excluding hydrogens is 256 g/mol. The number of carbonyl (C=O) groups is 2. The number of methoxy groups -OCH3 is 1. The maximum absolute atomic E-state index is 12.4. The van der Waals surface area contributed by atoms with Gasteiger partial charge in [0.1, 0.15) is 0 Å². The Labute approximate surface area is 118 Å². The molecule has 1 atom stereocenters. The molecule has 1 heterocycles. The first kappa shape index (κ1) is 14.5. The molecule has 5 heteroatoms. The van der Waals surface area contributed by atoms with E-state index in [0.29, 0.717) is 25.2 Å². The zero-order chi connectivity index (χ0) is 14.5. The number of likely N-dealkylation sites (tertiary alicyclic amines) is 1. The van der Waals surface area contributed by atoms with Crippen molar-refractivity contribution in [1.82, 2.24) is 4.90 Å². The number of esters is 1. The highest BCUT2D eigenvalue weighted by atomic mass is 16.5. The molecule has 2 rings (SSSR count). The quantitative estimate of drug-likeness (QED) is 0.841. The number of nitrogens with two attached hydrogens (primary N) is 1. The summed E-state index contributed by atoms with van der Waals surface area (Å²) in [5.41, 5.74) is 7.16. The molecule has 0 aromatic heterocycles. The number of nitrogens with zero attached hydrogens (tertiary/aromatic N) is 1. The summed E-state index contributed by atoms with van der Waals surface area (Å²) in [6, 6.07) is 7.28. The van der Waals surface area contributed by atoms with E-state index in [1.54, 1.807) is 17.0 Å². The van der Waals surface area contributed by atoms with Crippen molar-refractivity contribution in [1.29, 1.82) is 0 Å². The molecule has 5 nitrogen and oxygen atoms in total.